The van der Waals surface area contributed by atoms with E-state index in [-0.39, 0.29) is 23.8 Å². The van der Waals surface area contributed by atoms with Crippen molar-refractivity contribution in [3.63, 3.8) is 0 Å². The fourth-order valence-corrected chi connectivity index (χ4v) is 3.86. The van der Waals surface area contributed by atoms with Crippen LogP contribution in [-0.2, 0) is 0 Å². The first-order valence-corrected chi connectivity index (χ1v) is 11.0. The Kier molecular flexibility index (Phi) is 7.19. The van der Waals surface area contributed by atoms with E-state index in [0.717, 1.165) is 5.56 Å². The molecule has 0 saturated carbocycles. The van der Waals surface area contributed by atoms with E-state index in [2.05, 4.69) is 26.5 Å². The number of nitriles is 2. The number of halogens is 1. The Hall–Kier alpha value is -5.45. The zero-order valence-corrected chi connectivity index (χ0v) is 19.4. The molecule has 0 spiro atoms. The lowest BCUT2D eigenvalue weighted by Crippen LogP contribution is -2.07. The molecular formula is C27H17ClN6O4. The van der Waals surface area contributed by atoms with Crippen LogP contribution in [0.3, 0.4) is 0 Å². The first-order chi connectivity index (χ1) is 18.0. The lowest BCUT2D eigenvalue weighted by Gasteiger charge is -2.01. The Bertz CT molecular complexity index is 1990. The molecule has 2 aromatic carbocycles. The van der Waals surface area contributed by atoms with Crippen LogP contribution in [0.4, 0.5) is 0 Å². The van der Waals surface area contributed by atoms with Gasteiger partial charge in [-0.1, -0.05) is 31.7 Å². The quantitative estimate of drug-likeness (QED) is 0.303. The van der Waals surface area contributed by atoms with Crippen molar-refractivity contribution in [2.75, 3.05) is 0 Å². The van der Waals surface area contributed by atoms with Gasteiger partial charge in [0.2, 0.25) is 0 Å². The minimum Gasteiger partial charge on any atom is -0.462 e. The van der Waals surface area contributed by atoms with E-state index in [1.807, 2.05) is 12.1 Å². The second-order valence-corrected chi connectivity index (χ2v) is 8.02. The lowest BCUT2D eigenvalue weighted by atomic mass is 10.1. The first kappa shape index (κ1) is 25.6. The number of benzene rings is 2. The Morgan fingerprint density at radius 1 is 0.763 bits per heavy atom. The fraction of sp³-hybridized carbons (Fsp3) is 0.0370. The second-order valence-electron chi connectivity index (χ2n) is 7.64. The number of aromatic nitrogens is 4. The van der Waals surface area contributed by atoms with Crippen LogP contribution in [0.1, 0.15) is 18.6 Å². The molecule has 0 aliphatic heterocycles. The lowest BCUT2D eigenvalue weighted by molar-refractivity contribution is 0.614. The monoisotopic (exact) mass is 524 g/mol. The summed E-state index contributed by atoms with van der Waals surface area (Å²) in [7, 11) is 0. The topological polar surface area (TPSA) is 165 Å². The van der Waals surface area contributed by atoms with Gasteiger partial charge in [0.15, 0.2) is 16.4 Å². The van der Waals surface area contributed by atoms with E-state index in [0.29, 0.717) is 50.0 Å². The summed E-state index contributed by atoms with van der Waals surface area (Å²) in [6.45, 7) is 0. The van der Waals surface area contributed by atoms with Gasteiger partial charge in [-0.05, 0) is 41.9 Å². The summed E-state index contributed by atoms with van der Waals surface area (Å²) >= 11 is 5.77. The van der Waals surface area contributed by atoms with E-state index in [1.54, 1.807) is 48.5 Å². The van der Waals surface area contributed by atoms with Crippen molar-refractivity contribution in [2.45, 2.75) is 7.43 Å². The summed E-state index contributed by atoms with van der Waals surface area (Å²) in [5.41, 5.74) is 3.46. The highest BCUT2D eigenvalue weighted by Crippen LogP contribution is 2.29. The predicted octanol–water partition coefficient (Wildman–Crippen LogP) is 5.40. The van der Waals surface area contributed by atoms with Crippen molar-refractivity contribution >= 4 is 33.5 Å². The van der Waals surface area contributed by atoms with Crippen LogP contribution >= 0.6 is 11.6 Å². The molecule has 6 aromatic rings. The molecule has 0 unspecified atom stereocenters. The summed E-state index contributed by atoms with van der Waals surface area (Å²) in [4.78, 5) is 23.1. The molecule has 11 heteroatoms. The van der Waals surface area contributed by atoms with Crippen LogP contribution in [0.15, 0.2) is 85.4 Å². The smallest absolute Gasteiger partial charge is 0.275 e. The zero-order chi connectivity index (χ0) is 25.9. The number of rotatable bonds is 2. The molecule has 4 aromatic heterocycles. The number of nitrogens with one attached hydrogen (secondary N) is 2. The predicted molar refractivity (Wildman–Crippen MR) is 141 cm³/mol. The third-order valence-electron chi connectivity index (χ3n) is 5.36. The molecule has 0 radical (unpaired) electrons. The van der Waals surface area contributed by atoms with Crippen molar-refractivity contribution in [1.82, 2.24) is 20.4 Å². The SMILES string of the molecule is C.N#Cc1cccc(-c2n[nH]c(=O)c3cc(Cl)oc23)c1.N#Cc1cccc(-c2n[nH]c(=O)c3ccoc23)c1. The summed E-state index contributed by atoms with van der Waals surface area (Å²) in [5, 5.41) is 31.4. The van der Waals surface area contributed by atoms with Crippen LogP contribution in [0, 0.1) is 22.7 Å². The molecule has 38 heavy (non-hydrogen) atoms. The summed E-state index contributed by atoms with van der Waals surface area (Å²) < 4.78 is 10.6. The highest BCUT2D eigenvalue weighted by atomic mass is 35.5. The maximum Gasteiger partial charge on any atom is 0.275 e. The maximum atomic E-state index is 11.6. The zero-order valence-electron chi connectivity index (χ0n) is 18.7. The Labute approximate surface area is 219 Å². The van der Waals surface area contributed by atoms with Gasteiger partial charge in [0.1, 0.15) is 11.4 Å². The Morgan fingerprint density at radius 3 is 1.89 bits per heavy atom. The van der Waals surface area contributed by atoms with Gasteiger partial charge in [-0.2, -0.15) is 20.7 Å². The Morgan fingerprint density at radius 2 is 1.32 bits per heavy atom. The van der Waals surface area contributed by atoms with Gasteiger partial charge in [-0.25, -0.2) is 10.2 Å². The van der Waals surface area contributed by atoms with Crippen molar-refractivity contribution in [1.29, 1.82) is 10.5 Å². The van der Waals surface area contributed by atoms with Gasteiger partial charge in [0, 0.05) is 17.2 Å². The van der Waals surface area contributed by atoms with Crippen LogP contribution < -0.4 is 11.1 Å². The third-order valence-corrected chi connectivity index (χ3v) is 5.54. The average Bonchev–Trinajstić information content (AvgIpc) is 3.58. The van der Waals surface area contributed by atoms with Crippen LogP contribution in [-0.4, -0.2) is 20.4 Å². The molecule has 186 valence electrons. The van der Waals surface area contributed by atoms with Gasteiger partial charge in [0.05, 0.1) is 40.3 Å². The van der Waals surface area contributed by atoms with E-state index in [4.69, 9.17) is 31.0 Å². The maximum absolute atomic E-state index is 11.6. The second kappa shape index (κ2) is 10.7. The van der Waals surface area contributed by atoms with E-state index >= 15 is 0 Å². The number of hydrogen-bond acceptors (Lipinski definition) is 8. The van der Waals surface area contributed by atoms with E-state index in [1.165, 1.54) is 12.3 Å². The molecule has 0 fully saturated rings. The highest BCUT2D eigenvalue weighted by Gasteiger charge is 2.14. The summed E-state index contributed by atoms with van der Waals surface area (Å²) in [6.07, 6.45) is 1.44. The molecule has 4 heterocycles. The first-order valence-electron chi connectivity index (χ1n) is 10.6. The molecule has 0 atom stereocenters. The van der Waals surface area contributed by atoms with Gasteiger partial charge in [-0.15, -0.1) is 0 Å². The molecule has 0 saturated heterocycles. The number of nitrogens with zero attached hydrogens (tertiary/aromatic N) is 4. The van der Waals surface area contributed by atoms with Gasteiger partial charge in [-0.3, -0.25) is 9.59 Å². The molecule has 10 nitrogen and oxygen atoms in total. The normalized spacial score (nSPS) is 10.2. The highest BCUT2D eigenvalue weighted by molar-refractivity contribution is 6.29. The molecular weight excluding hydrogens is 508 g/mol. The molecule has 0 bridgehead atoms. The van der Waals surface area contributed by atoms with Crippen molar-refractivity contribution in [2.24, 2.45) is 0 Å². The number of aromatic amines is 2. The molecule has 0 aliphatic carbocycles. The number of hydrogen-bond donors (Lipinski definition) is 2. The standard InChI is InChI=1S/C13H6ClN3O2.C13H7N3O2.CH4/c14-10-5-9-12(19-10)11(16-17-13(9)18)8-3-1-2-7(4-8)6-15;14-7-8-2-1-3-9(6-8)11-12-10(4-5-18-12)13(17)16-15-11;/h1-5H,(H,17,18);1-6H,(H,16,17);1H4. The largest absolute Gasteiger partial charge is 0.462 e. The minimum atomic E-state index is -0.370. The van der Waals surface area contributed by atoms with Crippen LogP contribution in [0.25, 0.3) is 44.5 Å². The Balaban J connectivity index is 0.000000173. The molecule has 2 N–H and O–H groups in total. The van der Waals surface area contributed by atoms with Gasteiger partial charge < -0.3 is 8.83 Å². The number of H-pyrrole nitrogens is 2. The number of furan rings is 2. The van der Waals surface area contributed by atoms with Gasteiger partial charge >= 0.3 is 0 Å². The van der Waals surface area contributed by atoms with E-state index in [9.17, 15) is 9.59 Å². The summed E-state index contributed by atoms with van der Waals surface area (Å²) in [6, 6.07) is 21.0. The van der Waals surface area contributed by atoms with Crippen molar-refractivity contribution in [3.8, 4) is 34.7 Å². The van der Waals surface area contributed by atoms with E-state index < -0.39 is 0 Å². The average molecular weight is 525 g/mol. The third kappa shape index (κ3) is 4.80. The molecule has 0 amide bonds. The number of fused-ring (bicyclic) bond motifs is 2. The van der Waals surface area contributed by atoms with Crippen LogP contribution in [0.5, 0.6) is 0 Å². The van der Waals surface area contributed by atoms with Crippen molar-refractivity contribution in [3.05, 3.63) is 104 Å². The van der Waals surface area contributed by atoms with Crippen molar-refractivity contribution < 1.29 is 8.83 Å². The van der Waals surface area contributed by atoms with Crippen LogP contribution in [0.2, 0.25) is 5.22 Å². The minimum absolute atomic E-state index is 0. The molecule has 6 rings (SSSR count). The van der Waals surface area contributed by atoms with Gasteiger partial charge in [0.25, 0.3) is 11.1 Å². The molecule has 0 aliphatic rings. The summed E-state index contributed by atoms with van der Waals surface area (Å²) in [5.74, 6) is 0. The fourth-order valence-electron chi connectivity index (χ4n) is 3.68.